The highest BCUT2D eigenvalue weighted by Gasteiger charge is 2.21. The number of hydrogen-bond acceptors (Lipinski definition) is 4. The molecule has 2 N–H and O–H groups in total. The highest BCUT2D eigenvalue weighted by Crippen LogP contribution is 2.17. The summed E-state index contributed by atoms with van der Waals surface area (Å²) in [5.74, 6) is 0. The van der Waals surface area contributed by atoms with E-state index >= 15 is 0 Å². The van der Waals surface area contributed by atoms with Gasteiger partial charge < -0.3 is 15.0 Å². The predicted octanol–water partition coefficient (Wildman–Crippen LogP) is 2.61. The predicted molar refractivity (Wildman–Crippen MR) is 85.5 cm³/mol. The molecule has 6 heteroatoms. The topological polar surface area (TPSA) is 63.0 Å². The fraction of sp³-hybridized carbons (Fsp3) is 0.600. The zero-order chi connectivity index (χ0) is 13.9. The second kappa shape index (κ2) is 7.20. The first-order valence-electron chi connectivity index (χ1n) is 7.13. The first-order valence-corrected chi connectivity index (χ1v) is 7.50. The Morgan fingerprint density at radius 1 is 1.43 bits per heavy atom. The Balaban J connectivity index is 0.00000161. The van der Waals surface area contributed by atoms with Crippen LogP contribution in [0.2, 0.25) is 5.15 Å². The number of imidazole rings is 1. The number of aliphatic hydroxyl groups is 1. The number of fused-ring (bicyclic) bond motifs is 1. The number of halogens is 1. The minimum absolute atomic E-state index is 0. The molecule has 0 aliphatic carbocycles. The number of aromatic nitrogens is 3. The molecule has 1 fully saturated rings. The van der Waals surface area contributed by atoms with Crippen LogP contribution < -0.4 is 5.32 Å². The number of nitrogens with one attached hydrogen (secondary N) is 1. The van der Waals surface area contributed by atoms with Crippen LogP contribution in [0.3, 0.4) is 0 Å². The molecular weight excluding hydrogens is 288 g/mol. The molecule has 2 aromatic rings. The van der Waals surface area contributed by atoms with Crippen molar-refractivity contribution in [1.82, 2.24) is 19.9 Å². The quantitative estimate of drug-likeness (QED) is 0.852. The van der Waals surface area contributed by atoms with Crippen LogP contribution in [0.4, 0.5) is 0 Å². The van der Waals surface area contributed by atoms with Crippen LogP contribution in [-0.2, 0) is 6.54 Å². The van der Waals surface area contributed by atoms with E-state index in [0.29, 0.717) is 10.8 Å². The average molecular weight is 311 g/mol. The third-order valence-electron chi connectivity index (χ3n) is 3.91. The van der Waals surface area contributed by atoms with E-state index in [-0.39, 0.29) is 19.6 Å². The van der Waals surface area contributed by atoms with Gasteiger partial charge in [-0.1, -0.05) is 19.0 Å². The van der Waals surface area contributed by atoms with Crippen LogP contribution in [0.5, 0.6) is 0 Å². The van der Waals surface area contributed by atoms with Crippen LogP contribution in [0.25, 0.3) is 11.2 Å². The van der Waals surface area contributed by atoms with Crippen molar-refractivity contribution in [3.05, 3.63) is 23.6 Å². The van der Waals surface area contributed by atoms with Gasteiger partial charge in [-0.25, -0.2) is 9.97 Å². The van der Waals surface area contributed by atoms with Gasteiger partial charge in [0.15, 0.2) is 5.65 Å². The molecule has 0 spiro atoms. The zero-order valence-electron chi connectivity index (χ0n) is 11.3. The van der Waals surface area contributed by atoms with E-state index in [0.717, 1.165) is 44.3 Å². The van der Waals surface area contributed by atoms with Gasteiger partial charge in [0.1, 0.15) is 5.15 Å². The van der Waals surface area contributed by atoms with Gasteiger partial charge in [-0.3, -0.25) is 0 Å². The number of hydrogen-bond donors (Lipinski definition) is 2. The summed E-state index contributed by atoms with van der Waals surface area (Å²) in [4.78, 5) is 8.45. The molecule has 0 saturated carbocycles. The smallest absolute Gasteiger partial charge is 0.179 e. The van der Waals surface area contributed by atoms with Gasteiger partial charge in [0, 0.05) is 12.6 Å². The maximum absolute atomic E-state index is 9.92. The lowest BCUT2D eigenvalue weighted by Gasteiger charge is -2.28. The Kier molecular flexibility index (Phi) is 5.56. The highest BCUT2D eigenvalue weighted by molar-refractivity contribution is 6.29. The van der Waals surface area contributed by atoms with E-state index in [4.69, 9.17) is 11.6 Å². The van der Waals surface area contributed by atoms with E-state index < -0.39 is 0 Å². The first kappa shape index (κ1) is 16.2. The van der Waals surface area contributed by atoms with Crippen molar-refractivity contribution in [2.45, 2.75) is 51.8 Å². The molecule has 3 heterocycles. The number of pyridine rings is 1. The van der Waals surface area contributed by atoms with E-state index in [1.54, 1.807) is 12.4 Å². The van der Waals surface area contributed by atoms with E-state index in [9.17, 15) is 5.11 Å². The van der Waals surface area contributed by atoms with E-state index in [1.165, 1.54) is 0 Å². The molecule has 1 saturated heterocycles. The minimum Gasteiger partial charge on any atom is -0.392 e. The number of nitrogens with zero attached hydrogens (tertiary/aromatic N) is 3. The van der Waals surface area contributed by atoms with Crippen LogP contribution in [0, 0.1) is 0 Å². The standard InChI is InChI=1S/C14H19ClN4O.CH4/c15-13-6-5-11-14(18-13)17-9-19(11)8-2-3-10-12(20)4-1-7-16-10;/h5-6,9-10,12,16,20H,1-4,7-8H2;1H4/t10-,12+;/m1./s1. The molecule has 116 valence electrons. The zero-order valence-corrected chi connectivity index (χ0v) is 12.1. The van der Waals surface area contributed by atoms with Crippen LogP contribution >= 0.6 is 11.6 Å². The third-order valence-corrected chi connectivity index (χ3v) is 4.12. The Labute approximate surface area is 130 Å². The van der Waals surface area contributed by atoms with Gasteiger partial charge in [-0.05, 0) is 44.4 Å². The number of aliphatic hydroxyl groups excluding tert-OH is 1. The van der Waals surface area contributed by atoms with E-state index in [2.05, 4.69) is 19.9 Å². The largest absolute Gasteiger partial charge is 0.392 e. The molecule has 0 radical (unpaired) electrons. The normalized spacial score (nSPS) is 22.2. The molecule has 21 heavy (non-hydrogen) atoms. The van der Waals surface area contributed by atoms with Crippen molar-refractivity contribution in [2.75, 3.05) is 6.54 Å². The summed E-state index contributed by atoms with van der Waals surface area (Å²) in [7, 11) is 0. The van der Waals surface area contributed by atoms with Crippen molar-refractivity contribution in [3.63, 3.8) is 0 Å². The number of rotatable bonds is 4. The maximum atomic E-state index is 9.92. The van der Waals surface area contributed by atoms with Crippen LogP contribution in [0.1, 0.15) is 33.1 Å². The minimum atomic E-state index is -0.205. The van der Waals surface area contributed by atoms with Gasteiger partial charge in [-0.2, -0.15) is 0 Å². The molecule has 1 aliphatic rings. The summed E-state index contributed by atoms with van der Waals surface area (Å²) in [6.45, 7) is 1.89. The third kappa shape index (κ3) is 3.73. The summed E-state index contributed by atoms with van der Waals surface area (Å²) in [6.07, 6.45) is 5.55. The monoisotopic (exact) mass is 310 g/mol. The van der Waals surface area contributed by atoms with Crippen molar-refractivity contribution >= 4 is 22.8 Å². The van der Waals surface area contributed by atoms with Gasteiger partial charge in [-0.15, -0.1) is 0 Å². The van der Waals surface area contributed by atoms with Gasteiger partial charge in [0.2, 0.25) is 0 Å². The fourth-order valence-corrected chi connectivity index (χ4v) is 2.96. The van der Waals surface area contributed by atoms with E-state index in [1.807, 2.05) is 6.07 Å². The second-order valence-corrected chi connectivity index (χ2v) is 5.71. The highest BCUT2D eigenvalue weighted by atomic mass is 35.5. The first-order chi connectivity index (χ1) is 9.74. The molecule has 0 aromatic carbocycles. The molecule has 5 nitrogen and oxygen atoms in total. The summed E-state index contributed by atoms with van der Waals surface area (Å²) < 4.78 is 2.09. The van der Waals surface area contributed by atoms with Crippen LogP contribution in [-0.4, -0.2) is 38.3 Å². The number of aryl methyl sites for hydroxylation is 1. The maximum Gasteiger partial charge on any atom is 0.179 e. The Hall–Kier alpha value is -1.17. The van der Waals surface area contributed by atoms with Crippen molar-refractivity contribution in [1.29, 1.82) is 0 Å². The summed E-state index contributed by atoms with van der Waals surface area (Å²) in [5.41, 5.74) is 1.69. The van der Waals surface area contributed by atoms with Gasteiger partial charge in [0.05, 0.1) is 17.9 Å². The van der Waals surface area contributed by atoms with Gasteiger partial charge >= 0.3 is 0 Å². The molecule has 2 aromatic heterocycles. The molecule has 0 amide bonds. The second-order valence-electron chi connectivity index (χ2n) is 5.33. The number of piperidine rings is 1. The Bertz CT molecular complexity index is 586. The van der Waals surface area contributed by atoms with Crippen molar-refractivity contribution in [3.8, 4) is 0 Å². The lowest BCUT2D eigenvalue weighted by Crippen LogP contribution is -2.44. The molecule has 0 bridgehead atoms. The van der Waals surface area contributed by atoms with Crippen LogP contribution in [0.15, 0.2) is 18.5 Å². The van der Waals surface area contributed by atoms with Gasteiger partial charge in [0.25, 0.3) is 0 Å². The molecular formula is C15H23ClN4O. The Morgan fingerprint density at radius 3 is 3.10 bits per heavy atom. The van der Waals surface area contributed by atoms with Crippen molar-refractivity contribution < 1.29 is 5.11 Å². The molecule has 2 atom stereocenters. The Morgan fingerprint density at radius 2 is 2.29 bits per heavy atom. The molecule has 0 unspecified atom stereocenters. The lowest BCUT2D eigenvalue weighted by molar-refractivity contribution is 0.0909. The molecule has 3 rings (SSSR count). The average Bonchev–Trinajstić information content (AvgIpc) is 2.83. The summed E-state index contributed by atoms with van der Waals surface area (Å²) >= 11 is 5.85. The lowest BCUT2D eigenvalue weighted by atomic mass is 9.97. The van der Waals surface area contributed by atoms with Crippen molar-refractivity contribution in [2.24, 2.45) is 0 Å². The fourth-order valence-electron chi connectivity index (χ4n) is 2.81. The summed E-state index contributed by atoms with van der Waals surface area (Å²) in [5, 5.41) is 13.8. The SMILES string of the molecule is C.O[C@H]1CCCN[C@@H]1CCCn1cnc2nc(Cl)ccc21. The molecule has 1 aliphatic heterocycles. The summed E-state index contributed by atoms with van der Waals surface area (Å²) in [6, 6.07) is 3.96.